The van der Waals surface area contributed by atoms with E-state index in [2.05, 4.69) is 219 Å². The monoisotopic (exact) mass is 783 g/mol. The van der Waals surface area contributed by atoms with E-state index in [1.807, 2.05) is 11.3 Å². The zero-order chi connectivity index (χ0) is 39.7. The summed E-state index contributed by atoms with van der Waals surface area (Å²) in [5.41, 5.74) is 19.4. The molecule has 4 aliphatic rings. The van der Waals surface area contributed by atoms with Crippen molar-refractivity contribution in [3.05, 3.63) is 234 Å². The van der Waals surface area contributed by atoms with Crippen LogP contribution in [0.2, 0.25) is 0 Å². The largest absolute Gasteiger partial charge is 0.310 e. The smallest absolute Gasteiger partial charge is 0.0540 e. The Hall–Kier alpha value is -6.74. The number of para-hydroxylation sites is 1. The quantitative estimate of drug-likeness (QED) is 0.172. The second-order valence-electron chi connectivity index (χ2n) is 17.5. The molecule has 0 saturated heterocycles. The summed E-state index contributed by atoms with van der Waals surface area (Å²) in [6.07, 6.45) is 9.46. The van der Waals surface area contributed by atoms with Crippen molar-refractivity contribution in [2.75, 3.05) is 4.90 Å². The molecule has 0 bridgehead atoms. The molecule has 0 fully saturated rings. The summed E-state index contributed by atoms with van der Waals surface area (Å²) in [5, 5.41) is 2.60. The van der Waals surface area contributed by atoms with Gasteiger partial charge in [0.25, 0.3) is 0 Å². The summed E-state index contributed by atoms with van der Waals surface area (Å²) < 4.78 is 2.63. The van der Waals surface area contributed by atoms with Crippen LogP contribution in [0, 0.1) is 5.92 Å². The normalized spacial score (nSPS) is 18.0. The van der Waals surface area contributed by atoms with Crippen molar-refractivity contribution in [1.82, 2.24) is 0 Å². The fraction of sp³-hybridized carbons (Fsp3) is 0.103. The molecule has 2 heteroatoms. The van der Waals surface area contributed by atoms with E-state index in [1.165, 1.54) is 98.3 Å². The van der Waals surface area contributed by atoms with E-state index in [-0.39, 0.29) is 22.7 Å². The molecule has 1 spiro atoms. The maximum atomic E-state index is 2.56. The number of nitrogens with zero attached hydrogens (tertiary/aromatic N) is 1. The summed E-state index contributed by atoms with van der Waals surface area (Å²) in [4.78, 5) is 2.56. The van der Waals surface area contributed by atoms with Crippen LogP contribution in [0.4, 0.5) is 17.1 Å². The first-order valence-electron chi connectivity index (χ1n) is 21.3. The van der Waals surface area contributed by atoms with E-state index in [1.54, 1.807) is 0 Å². The molecule has 2 atom stereocenters. The minimum atomic E-state index is -0.321. The van der Waals surface area contributed by atoms with E-state index >= 15 is 0 Å². The molecule has 13 rings (SSSR count). The van der Waals surface area contributed by atoms with Crippen LogP contribution in [-0.2, 0) is 10.8 Å². The van der Waals surface area contributed by atoms with Gasteiger partial charge < -0.3 is 4.90 Å². The van der Waals surface area contributed by atoms with Crippen molar-refractivity contribution in [3.8, 4) is 33.4 Å². The molecular weight excluding hydrogens is 743 g/mol. The highest BCUT2D eigenvalue weighted by molar-refractivity contribution is 7.25. The number of hydrogen-bond acceptors (Lipinski definition) is 2. The van der Waals surface area contributed by atoms with Crippen LogP contribution in [0.3, 0.4) is 0 Å². The fourth-order valence-corrected chi connectivity index (χ4v) is 13.0. The Morgan fingerprint density at radius 2 is 1.05 bits per heavy atom. The standard InChI is InChI=1S/C58H41NS/c1-57(2)47-23-9-6-21-45(47)56-44(22-15-27-51(56)57)42-19-7-13-28-53(42)59(36-31-33-55-46(34-36)43-20-8-14-29-54(43)60-55)37-30-32-41-40-18-5-12-26-50(40)58(52(41)35-37)48-24-10-3-16-38(48)39-17-4-11-25-49(39)58/h3-35,40,50H,1-2H3. The van der Waals surface area contributed by atoms with Crippen LogP contribution in [0.25, 0.3) is 53.6 Å². The third kappa shape index (κ3) is 4.41. The molecule has 4 aliphatic carbocycles. The Kier molecular flexibility index (Phi) is 7.05. The van der Waals surface area contributed by atoms with Crippen LogP contribution in [0.5, 0.6) is 0 Å². The molecular formula is C58H41NS. The predicted octanol–water partition coefficient (Wildman–Crippen LogP) is 15.7. The molecule has 0 amide bonds. The average molecular weight is 784 g/mol. The Labute approximate surface area is 355 Å². The van der Waals surface area contributed by atoms with Gasteiger partial charge in [0.05, 0.1) is 11.1 Å². The topological polar surface area (TPSA) is 3.24 Å². The van der Waals surface area contributed by atoms with E-state index < -0.39 is 0 Å². The Balaban J connectivity index is 1.10. The molecule has 9 aromatic rings. The van der Waals surface area contributed by atoms with E-state index in [0.717, 1.165) is 5.69 Å². The zero-order valence-corrected chi connectivity index (χ0v) is 34.4. The maximum Gasteiger partial charge on any atom is 0.0540 e. The van der Waals surface area contributed by atoms with Gasteiger partial charge in [-0.05, 0) is 104 Å². The lowest BCUT2D eigenvalue weighted by Gasteiger charge is -2.36. The summed E-state index contributed by atoms with van der Waals surface area (Å²) in [5.74, 6) is 0.546. The molecule has 1 nitrogen and oxygen atoms in total. The third-order valence-corrected chi connectivity index (χ3v) is 15.5. The van der Waals surface area contributed by atoms with Crippen molar-refractivity contribution < 1.29 is 0 Å². The SMILES string of the molecule is CC1(C)c2ccccc2-c2c(-c3ccccc3N(c3ccc4c(c3)C3(c5ccccc5-c5ccccc53)C3C=CC=CC43)c3ccc4sc5ccccc5c4c3)cccc21. The molecule has 60 heavy (non-hydrogen) atoms. The Morgan fingerprint density at radius 3 is 1.87 bits per heavy atom. The summed E-state index contributed by atoms with van der Waals surface area (Å²) >= 11 is 1.88. The van der Waals surface area contributed by atoms with Gasteiger partial charge in [-0.15, -0.1) is 11.3 Å². The van der Waals surface area contributed by atoms with Gasteiger partial charge in [-0.2, -0.15) is 0 Å². The molecule has 8 aromatic carbocycles. The maximum absolute atomic E-state index is 2.56. The lowest BCUT2D eigenvalue weighted by Crippen LogP contribution is -2.33. The number of benzene rings is 8. The summed E-state index contributed by atoms with van der Waals surface area (Å²) in [6, 6.07) is 66.8. The first-order valence-corrected chi connectivity index (χ1v) is 22.1. The second-order valence-corrected chi connectivity index (χ2v) is 18.6. The molecule has 0 saturated carbocycles. The molecule has 1 aromatic heterocycles. The van der Waals surface area contributed by atoms with E-state index in [4.69, 9.17) is 0 Å². The van der Waals surface area contributed by atoms with Crippen LogP contribution >= 0.6 is 11.3 Å². The number of anilines is 3. The Morgan fingerprint density at radius 1 is 0.450 bits per heavy atom. The second kappa shape index (κ2) is 12.4. The minimum absolute atomic E-state index is 0.0938. The van der Waals surface area contributed by atoms with Crippen molar-refractivity contribution in [2.45, 2.75) is 30.6 Å². The van der Waals surface area contributed by atoms with Crippen LogP contribution in [0.1, 0.15) is 53.1 Å². The lowest BCUT2D eigenvalue weighted by molar-refractivity contribution is 0.465. The van der Waals surface area contributed by atoms with Gasteiger partial charge in [0.15, 0.2) is 0 Å². The lowest BCUT2D eigenvalue weighted by atomic mass is 9.65. The van der Waals surface area contributed by atoms with Crippen molar-refractivity contribution in [2.24, 2.45) is 5.92 Å². The Bertz CT molecular complexity index is 3290. The van der Waals surface area contributed by atoms with Crippen LogP contribution in [0.15, 0.2) is 200 Å². The van der Waals surface area contributed by atoms with Gasteiger partial charge in [-0.3, -0.25) is 0 Å². The average Bonchev–Trinajstić information content (AvgIpc) is 3.99. The zero-order valence-electron chi connectivity index (χ0n) is 33.6. The fourth-order valence-electron chi connectivity index (χ4n) is 11.9. The highest BCUT2D eigenvalue weighted by Gasteiger charge is 2.57. The van der Waals surface area contributed by atoms with Gasteiger partial charge in [0.1, 0.15) is 0 Å². The molecule has 0 radical (unpaired) electrons. The number of thiophene rings is 1. The highest BCUT2D eigenvalue weighted by atomic mass is 32.1. The summed E-state index contributed by atoms with van der Waals surface area (Å²) in [7, 11) is 0. The van der Waals surface area contributed by atoms with Gasteiger partial charge in [-0.25, -0.2) is 0 Å². The molecule has 1 heterocycles. The first-order chi connectivity index (χ1) is 29.5. The number of rotatable bonds is 4. The van der Waals surface area contributed by atoms with Gasteiger partial charge in [-0.1, -0.05) is 172 Å². The van der Waals surface area contributed by atoms with E-state index in [0.29, 0.717) is 0 Å². The number of allylic oxidation sites excluding steroid dienone is 4. The van der Waals surface area contributed by atoms with Crippen molar-refractivity contribution in [3.63, 3.8) is 0 Å². The molecule has 2 unspecified atom stereocenters. The van der Waals surface area contributed by atoms with Crippen LogP contribution < -0.4 is 4.90 Å². The molecule has 284 valence electrons. The first kappa shape index (κ1) is 34.2. The minimum Gasteiger partial charge on any atom is -0.310 e. The predicted molar refractivity (Wildman–Crippen MR) is 253 cm³/mol. The van der Waals surface area contributed by atoms with Crippen molar-refractivity contribution in [1.29, 1.82) is 0 Å². The van der Waals surface area contributed by atoms with Crippen molar-refractivity contribution >= 4 is 48.6 Å². The highest BCUT2D eigenvalue weighted by Crippen LogP contribution is 2.66. The molecule has 0 N–H and O–H groups in total. The third-order valence-electron chi connectivity index (χ3n) is 14.4. The number of fused-ring (bicyclic) bond motifs is 16. The van der Waals surface area contributed by atoms with Gasteiger partial charge in [0, 0.05) is 54.4 Å². The number of hydrogen-bond donors (Lipinski definition) is 0. The van der Waals surface area contributed by atoms with E-state index in [9.17, 15) is 0 Å². The van der Waals surface area contributed by atoms with Gasteiger partial charge in [0.2, 0.25) is 0 Å². The van der Waals surface area contributed by atoms with Gasteiger partial charge >= 0.3 is 0 Å². The van der Waals surface area contributed by atoms with Crippen LogP contribution in [-0.4, -0.2) is 0 Å². The molecule has 0 aliphatic heterocycles. The summed E-state index contributed by atoms with van der Waals surface area (Å²) in [6.45, 7) is 4.75.